The van der Waals surface area contributed by atoms with Gasteiger partial charge in [0.25, 0.3) is 0 Å². The first-order valence-electron chi connectivity index (χ1n) is 15.0. The van der Waals surface area contributed by atoms with E-state index >= 15 is 0 Å². The number of nitrogens with zero attached hydrogens (tertiary/aromatic N) is 8. The van der Waals surface area contributed by atoms with Gasteiger partial charge in [0.15, 0.2) is 0 Å². The maximum Gasteiger partial charge on any atom is 0.227 e. The van der Waals surface area contributed by atoms with Crippen molar-refractivity contribution in [3.05, 3.63) is 67.0 Å². The largest absolute Gasteiger partial charge is 0.494 e. The van der Waals surface area contributed by atoms with Gasteiger partial charge in [0.2, 0.25) is 5.95 Å². The molecule has 6 rings (SSSR count). The van der Waals surface area contributed by atoms with Gasteiger partial charge in [-0.05, 0) is 49.6 Å². The average Bonchev–Trinajstić information content (AvgIpc) is 3.58. The molecule has 1 N–H and O–H groups in total. The Hall–Kier alpha value is -4.73. The second-order valence-corrected chi connectivity index (χ2v) is 11.0. The van der Waals surface area contributed by atoms with E-state index in [1.165, 1.54) is 6.33 Å². The highest BCUT2D eigenvalue weighted by atomic mass is 16.5. The molecule has 0 saturated carbocycles. The van der Waals surface area contributed by atoms with Crippen LogP contribution in [0.4, 0.5) is 17.3 Å². The van der Waals surface area contributed by atoms with E-state index in [-0.39, 0.29) is 6.10 Å². The molecule has 2 fully saturated rings. The Labute approximate surface area is 257 Å². The molecule has 2 aliphatic rings. The molecular formula is C32H37N9O3. The Bertz CT molecular complexity index is 1560. The van der Waals surface area contributed by atoms with Crippen molar-refractivity contribution in [2.75, 3.05) is 56.7 Å². The minimum atomic E-state index is -0.217. The monoisotopic (exact) mass is 595 g/mol. The molecule has 2 aromatic carbocycles. The third kappa shape index (κ3) is 6.90. The lowest BCUT2D eigenvalue weighted by molar-refractivity contribution is 0.0115. The van der Waals surface area contributed by atoms with Gasteiger partial charge in [0.1, 0.15) is 36.3 Å². The highest BCUT2D eigenvalue weighted by Gasteiger charge is 2.26. The Morgan fingerprint density at radius 1 is 1.02 bits per heavy atom. The van der Waals surface area contributed by atoms with E-state index < -0.39 is 0 Å². The molecule has 0 spiro atoms. The number of nitrogens with one attached hydrogen (secondary N) is 1. The van der Waals surface area contributed by atoms with Crippen LogP contribution in [0.25, 0.3) is 11.1 Å². The van der Waals surface area contributed by atoms with Crippen LogP contribution in [0.15, 0.2) is 61.4 Å². The highest BCUT2D eigenvalue weighted by Crippen LogP contribution is 2.33. The maximum absolute atomic E-state index is 9.61. The van der Waals surface area contributed by atoms with Crippen molar-refractivity contribution >= 4 is 17.3 Å². The quantitative estimate of drug-likeness (QED) is 0.284. The highest BCUT2D eigenvalue weighted by molar-refractivity contribution is 5.70. The first-order valence-corrected chi connectivity index (χ1v) is 15.0. The molecule has 12 nitrogen and oxygen atoms in total. The second kappa shape index (κ2) is 13.7. The number of hydrogen-bond acceptors (Lipinski definition) is 11. The van der Waals surface area contributed by atoms with Crippen molar-refractivity contribution in [1.82, 2.24) is 29.6 Å². The van der Waals surface area contributed by atoms with E-state index in [1.54, 1.807) is 36.6 Å². The minimum absolute atomic E-state index is 0.217. The SMILES string of the molecule is COc1cc(N2CCC(N3CCOCC3)CC2)ccc1Nc1ncc(-c2ccc(C#N)c(OC(C)Cn3cncn3)c2)cn1. The molecule has 1 unspecified atom stereocenters. The van der Waals surface area contributed by atoms with Gasteiger partial charge in [-0.15, -0.1) is 0 Å². The van der Waals surface area contributed by atoms with E-state index in [2.05, 4.69) is 53.4 Å². The topological polar surface area (TPSA) is 126 Å². The number of methoxy groups -OCH3 is 1. The van der Waals surface area contributed by atoms with E-state index in [1.807, 2.05) is 25.1 Å². The predicted molar refractivity (Wildman–Crippen MR) is 166 cm³/mol. The zero-order chi connectivity index (χ0) is 30.3. The lowest BCUT2D eigenvalue weighted by Gasteiger charge is -2.40. The number of aromatic nitrogens is 5. The zero-order valence-electron chi connectivity index (χ0n) is 25.1. The van der Waals surface area contributed by atoms with Crippen LogP contribution in [0, 0.1) is 11.3 Å². The van der Waals surface area contributed by atoms with Crippen LogP contribution in [0.5, 0.6) is 11.5 Å². The Morgan fingerprint density at radius 2 is 1.82 bits per heavy atom. The van der Waals surface area contributed by atoms with Crippen molar-refractivity contribution in [3.8, 4) is 28.7 Å². The van der Waals surface area contributed by atoms with Gasteiger partial charge in [-0.3, -0.25) is 4.90 Å². The van der Waals surface area contributed by atoms with Crippen LogP contribution < -0.4 is 19.7 Å². The van der Waals surface area contributed by atoms with Gasteiger partial charge in [0.05, 0.1) is 38.1 Å². The van der Waals surface area contributed by atoms with Crippen LogP contribution in [-0.2, 0) is 11.3 Å². The van der Waals surface area contributed by atoms with Crippen molar-refractivity contribution < 1.29 is 14.2 Å². The second-order valence-electron chi connectivity index (χ2n) is 11.0. The third-order valence-corrected chi connectivity index (χ3v) is 8.15. The van der Waals surface area contributed by atoms with Gasteiger partial charge >= 0.3 is 0 Å². The smallest absolute Gasteiger partial charge is 0.227 e. The number of ether oxygens (including phenoxy) is 3. The van der Waals surface area contributed by atoms with Gasteiger partial charge < -0.3 is 24.4 Å². The fourth-order valence-electron chi connectivity index (χ4n) is 5.81. The number of piperidine rings is 1. The molecule has 228 valence electrons. The number of hydrogen-bond donors (Lipinski definition) is 1. The summed E-state index contributed by atoms with van der Waals surface area (Å²) in [5.74, 6) is 1.69. The van der Waals surface area contributed by atoms with Gasteiger partial charge in [0, 0.05) is 61.9 Å². The summed E-state index contributed by atoms with van der Waals surface area (Å²) in [6.45, 7) is 8.23. The average molecular weight is 596 g/mol. The van der Waals surface area contributed by atoms with Crippen LogP contribution in [0.1, 0.15) is 25.3 Å². The predicted octanol–water partition coefficient (Wildman–Crippen LogP) is 4.13. The normalized spacial score (nSPS) is 16.7. The first kappa shape index (κ1) is 29.3. The van der Waals surface area contributed by atoms with Gasteiger partial charge in [-0.25, -0.2) is 19.6 Å². The lowest BCUT2D eigenvalue weighted by atomic mass is 10.0. The summed E-state index contributed by atoms with van der Waals surface area (Å²) in [6, 6.07) is 14.5. The molecule has 0 bridgehead atoms. The summed E-state index contributed by atoms with van der Waals surface area (Å²) in [5, 5.41) is 17.0. The van der Waals surface area contributed by atoms with Crippen molar-refractivity contribution in [2.45, 2.75) is 38.5 Å². The minimum Gasteiger partial charge on any atom is -0.494 e. The van der Waals surface area contributed by atoms with Crippen LogP contribution in [0.2, 0.25) is 0 Å². The summed E-state index contributed by atoms with van der Waals surface area (Å²) < 4.78 is 19.1. The molecule has 44 heavy (non-hydrogen) atoms. The molecule has 1 atom stereocenters. The van der Waals surface area contributed by atoms with Crippen molar-refractivity contribution in [1.29, 1.82) is 5.26 Å². The number of rotatable bonds is 10. The van der Waals surface area contributed by atoms with E-state index in [0.29, 0.717) is 29.8 Å². The van der Waals surface area contributed by atoms with Crippen molar-refractivity contribution in [3.63, 3.8) is 0 Å². The lowest BCUT2D eigenvalue weighted by Crippen LogP contribution is -2.49. The summed E-state index contributed by atoms with van der Waals surface area (Å²) in [6.07, 6.45) is 8.70. The molecular weight excluding hydrogens is 558 g/mol. The van der Waals surface area contributed by atoms with Gasteiger partial charge in [-0.2, -0.15) is 10.4 Å². The fraction of sp³-hybridized carbons (Fsp3) is 0.406. The standard InChI is InChI=1S/C32H37N9O3/c1-23(20-41-22-34-21-37-41)44-30-15-24(3-4-25(30)17-33)26-18-35-32(36-19-26)38-29-6-5-28(16-31(29)42-2)39-9-7-27(8-10-39)40-11-13-43-14-12-40/h3-6,15-16,18-19,21-23,27H,7-14,20H2,1-2H3,(H,35,36,38). The number of morpholine rings is 1. The molecule has 0 radical (unpaired) electrons. The Balaban J connectivity index is 1.10. The summed E-state index contributed by atoms with van der Waals surface area (Å²) in [5.41, 5.74) is 4.05. The molecule has 2 aliphatic heterocycles. The van der Waals surface area contributed by atoms with E-state index in [9.17, 15) is 5.26 Å². The number of nitriles is 1. The fourth-order valence-corrected chi connectivity index (χ4v) is 5.81. The zero-order valence-corrected chi connectivity index (χ0v) is 25.1. The Kier molecular flexibility index (Phi) is 9.14. The molecule has 4 aromatic rings. The van der Waals surface area contributed by atoms with E-state index in [0.717, 1.165) is 80.5 Å². The number of anilines is 3. The van der Waals surface area contributed by atoms with Crippen LogP contribution >= 0.6 is 0 Å². The summed E-state index contributed by atoms with van der Waals surface area (Å²) >= 11 is 0. The third-order valence-electron chi connectivity index (χ3n) is 8.15. The Morgan fingerprint density at radius 3 is 2.52 bits per heavy atom. The van der Waals surface area contributed by atoms with E-state index in [4.69, 9.17) is 14.2 Å². The number of benzene rings is 2. The van der Waals surface area contributed by atoms with Crippen LogP contribution in [0.3, 0.4) is 0 Å². The molecule has 0 amide bonds. The van der Waals surface area contributed by atoms with Crippen LogP contribution in [-0.4, -0.2) is 88.3 Å². The summed E-state index contributed by atoms with van der Waals surface area (Å²) in [7, 11) is 1.68. The molecule has 0 aliphatic carbocycles. The molecule has 4 heterocycles. The molecule has 12 heteroatoms. The van der Waals surface area contributed by atoms with Crippen molar-refractivity contribution in [2.24, 2.45) is 0 Å². The molecule has 2 saturated heterocycles. The van der Waals surface area contributed by atoms with Gasteiger partial charge in [-0.1, -0.05) is 6.07 Å². The first-order chi connectivity index (χ1) is 21.6. The maximum atomic E-state index is 9.61. The molecule has 2 aromatic heterocycles. The summed E-state index contributed by atoms with van der Waals surface area (Å²) in [4.78, 5) is 18.1.